The molecule has 4 heteroatoms. The van der Waals surface area contributed by atoms with Gasteiger partial charge in [-0.15, -0.1) is 0 Å². The molecule has 4 nitrogen and oxygen atoms in total. The van der Waals surface area contributed by atoms with Gasteiger partial charge in [0, 0.05) is 5.56 Å². The van der Waals surface area contributed by atoms with Crippen molar-refractivity contribution in [2.75, 3.05) is 7.11 Å². The number of hydrogen-bond acceptors (Lipinski definition) is 4. The summed E-state index contributed by atoms with van der Waals surface area (Å²) >= 11 is 0. The first kappa shape index (κ1) is 14.9. The van der Waals surface area contributed by atoms with Crippen LogP contribution in [-0.4, -0.2) is 18.5 Å². The zero-order chi connectivity index (χ0) is 16.1. The quantitative estimate of drug-likeness (QED) is 0.436. The molecule has 3 aromatic carbocycles. The van der Waals surface area contributed by atoms with Crippen LogP contribution >= 0.6 is 0 Å². The molecule has 0 saturated heterocycles. The molecule has 1 N–H and O–H groups in total. The second-order valence-electron chi connectivity index (χ2n) is 5.08. The molecular weight excluding hydrogens is 290 g/mol. The SMILES string of the molecule is COc1cc(/C=N/O)ccc1OCc1cccc2ccccc12. The Morgan fingerprint density at radius 1 is 1.00 bits per heavy atom. The van der Waals surface area contributed by atoms with E-state index in [-0.39, 0.29) is 0 Å². The molecule has 0 aliphatic rings. The summed E-state index contributed by atoms with van der Waals surface area (Å²) in [5.41, 5.74) is 1.85. The Bertz CT molecular complexity index is 838. The highest BCUT2D eigenvalue weighted by Gasteiger charge is 2.07. The molecule has 3 rings (SSSR count). The van der Waals surface area contributed by atoms with Crippen LogP contribution in [0.2, 0.25) is 0 Å². The molecule has 0 radical (unpaired) electrons. The summed E-state index contributed by atoms with van der Waals surface area (Å²) < 4.78 is 11.3. The van der Waals surface area contributed by atoms with Crippen LogP contribution in [0, 0.1) is 0 Å². The number of nitrogens with zero attached hydrogens (tertiary/aromatic N) is 1. The monoisotopic (exact) mass is 307 g/mol. The Morgan fingerprint density at radius 2 is 1.83 bits per heavy atom. The molecule has 23 heavy (non-hydrogen) atoms. The van der Waals surface area contributed by atoms with E-state index in [9.17, 15) is 0 Å². The lowest BCUT2D eigenvalue weighted by Crippen LogP contribution is -1.99. The summed E-state index contributed by atoms with van der Waals surface area (Å²) in [7, 11) is 1.58. The van der Waals surface area contributed by atoms with E-state index in [0.29, 0.717) is 18.1 Å². The van der Waals surface area contributed by atoms with Gasteiger partial charge in [-0.1, -0.05) is 47.6 Å². The predicted octanol–water partition coefficient (Wildman–Crippen LogP) is 4.24. The number of methoxy groups -OCH3 is 1. The Hall–Kier alpha value is -3.01. The number of oxime groups is 1. The average Bonchev–Trinajstić information content (AvgIpc) is 2.60. The summed E-state index contributed by atoms with van der Waals surface area (Å²) in [6.07, 6.45) is 1.34. The highest BCUT2D eigenvalue weighted by Crippen LogP contribution is 2.29. The van der Waals surface area contributed by atoms with Gasteiger partial charge in [-0.05, 0) is 34.5 Å². The number of benzene rings is 3. The van der Waals surface area contributed by atoms with Crippen molar-refractivity contribution in [1.82, 2.24) is 0 Å². The highest BCUT2D eigenvalue weighted by atomic mass is 16.5. The Kier molecular flexibility index (Phi) is 4.43. The molecular formula is C19H17NO3. The second kappa shape index (κ2) is 6.83. The van der Waals surface area contributed by atoms with Crippen molar-refractivity contribution in [2.45, 2.75) is 6.61 Å². The molecule has 116 valence electrons. The summed E-state index contributed by atoms with van der Waals surface area (Å²) in [6, 6.07) is 19.8. The minimum Gasteiger partial charge on any atom is -0.493 e. The lowest BCUT2D eigenvalue weighted by Gasteiger charge is -2.12. The van der Waals surface area contributed by atoms with E-state index < -0.39 is 0 Å². The molecule has 0 aliphatic carbocycles. The fourth-order valence-electron chi connectivity index (χ4n) is 2.52. The van der Waals surface area contributed by atoms with Crippen LogP contribution in [-0.2, 0) is 6.61 Å². The normalized spacial score (nSPS) is 11.0. The number of rotatable bonds is 5. The molecule has 0 bridgehead atoms. The van der Waals surface area contributed by atoms with Gasteiger partial charge in [0.1, 0.15) is 6.61 Å². The topological polar surface area (TPSA) is 51.0 Å². The van der Waals surface area contributed by atoms with Gasteiger partial charge >= 0.3 is 0 Å². The van der Waals surface area contributed by atoms with Crippen molar-refractivity contribution in [3.8, 4) is 11.5 Å². The lowest BCUT2D eigenvalue weighted by molar-refractivity contribution is 0.285. The summed E-state index contributed by atoms with van der Waals surface area (Å²) in [5, 5.41) is 14.0. The first-order valence-corrected chi connectivity index (χ1v) is 7.27. The molecule has 0 aromatic heterocycles. The maximum absolute atomic E-state index is 8.60. The number of ether oxygens (including phenoxy) is 2. The summed E-state index contributed by atoms with van der Waals surface area (Å²) in [5.74, 6) is 1.25. The third kappa shape index (κ3) is 3.26. The third-order valence-electron chi connectivity index (χ3n) is 3.66. The van der Waals surface area contributed by atoms with Gasteiger partial charge in [0.25, 0.3) is 0 Å². The van der Waals surface area contributed by atoms with Crippen LogP contribution in [0.5, 0.6) is 11.5 Å². The van der Waals surface area contributed by atoms with E-state index in [1.807, 2.05) is 18.2 Å². The van der Waals surface area contributed by atoms with E-state index in [4.69, 9.17) is 14.7 Å². The predicted molar refractivity (Wildman–Crippen MR) is 90.7 cm³/mol. The first-order chi connectivity index (χ1) is 11.3. The molecule has 0 unspecified atom stereocenters. The highest BCUT2D eigenvalue weighted by molar-refractivity contribution is 5.85. The Morgan fingerprint density at radius 3 is 2.65 bits per heavy atom. The van der Waals surface area contributed by atoms with Gasteiger partial charge in [0.2, 0.25) is 0 Å². The van der Waals surface area contributed by atoms with Crippen molar-refractivity contribution in [1.29, 1.82) is 0 Å². The van der Waals surface area contributed by atoms with Crippen molar-refractivity contribution in [3.63, 3.8) is 0 Å². The molecule has 0 heterocycles. The van der Waals surface area contributed by atoms with Gasteiger partial charge in [-0.25, -0.2) is 0 Å². The Balaban J connectivity index is 1.85. The number of fused-ring (bicyclic) bond motifs is 1. The molecule has 0 atom stereocenters. The van der Waals surface area contributed by atoms with Gasteiger partial charge in [-0.3, -0.25) is 0 Å². The van der Waals surface area contributed by atoms with Gasteiger partial charge in [-0.2, -0.15) is 0 Å². The van der Waals surface area contributed by atoms with Crippen LogP contribution in [0.15, 0.2) is 65.8 Å². The van der Waals surface area contributed by atoms with Crippen LogP contribution in [0.25, 0.3) is 10.8 Å². The van der Waals surface area contributed by atoms with E-state index in [2.05, 4.69) is 29.4 Å². The van der Waals surface area contributed by atoms with E-state index in [0.717, 1.165) is 11.1 Å². The smallest absolute Gasteiger partial charge is 0.161 e. The van der Waals surface area contributed by atoms with Gasteiger partial charge in [0.05, 0.1) is 13.3 Å². The van der Waals surface area contributed by atoms with Gasteiger partial charge < -0.3 is 14.7 Å². The van der Waals surface area contributed by atoms with Gasteiger partial charge in [0.15, 0.2) is 11.5 Å². The maximum Gasteiger partial charge on any atom is 0.161 e. The zero-order valence-corrected chi connectivity index (χ0v) is 12.8. The Labute approximate surface area is 134 Å². The minimum absolute atomic E-state index is 0.450. The fourth-order valence-corrected chi connectivity index (χ4v) is 2.52. The standard InChI is InChI=1S/C19H17NO3/c1-22-19-11-14(12-20-21)9-10-18(19)23-13-16-7-4-6-15-5-2-3-8-17(15)16/h2-12,21H,13H2,1H3/b20-12+. The van der Waals surface area contributed by atoms with Crippen molar-refractivity contribution >= 4 is 17.0 Å². The average molecular weight is 307 g/mol. The van der Waals surface area contributed by atoms with Crippen molar-refractivity contribution in [2.24, 2.45) is 5.16 Å². The van der Waals surface area contributed by atoms with Crippen LogP contribution in [0.1, 0.15) is 11.1 Å². The molecule has 0 spiro atoms. The largest absolute Gasteiger partial charge is 0.493 e. The van der Waals surface area contributed by atoms with E-state index in [1.54, 1.807) is 25.3 Å². The molecule has 0 amide bonds. The van der Waals surface area contributed by atoms with E-state index in [1.165, 1.54) is 17.0 Å². The minimum atomic E-state index is 0.450. The van der Waals surface area contributed by atoms with Crippen molar-refractivity contribution in [3.05, 3.63) is 71.8 Å². The lowest BCUT2D eigenvalue weighted by atomic mass is 10.1. The molecule has 0 aliphatic heterocycles. The number of hydrogen-bond donors (Lipinski definition) is 1. The third-order valence-corrected chi connectivity index (χ3v) is 3.66. The second-order valence-corrected chi connectivity index (χ2v) is 5.08. The molecule has 3 aromatic rings. The molecule has 0 saturated carbocycles. The summed E-state index contributed by atoms with van der Waals surface area (Å²) in [4.78, 5) is 0. The maximum atomic E-state index is 8.60. The van der Waals surface area contributed by atoms with Crippen LogP contribution < -0.4 is 9.47 Å². The first-order valence-electron chi connectivity index (χ1n) is 7.27. The zero-order valence-electron chi connectivity index (χ0n) is 12.8. The van der Waals surface area contributed by atoms with E-state index >= 15 is 0 Å². The molecule has 0 fully saturated rings. The van der Waals surface area contributed by atoms with Crippen molar-refractivity contribution < 1.29 is 14.7 Å². The van der Waals surface area contributed by atoms with Crippen LogP contribution in [0.3, 0.4) is 0 Å². The fraction of sp³-hybridized carbons (Fsp3) is 0.105. The summed E-state index contributed by atoms with van der Waals surface area (Å²) in [6.45, 7) is 0.450. The van der Waals surface area contributed by atoms with Crippen LogP contribution in [0.4, 0.5) is 0 Å².